The van der Waals surface area contributed by atoms with Gasteiger partial charge in [-0.3, -0.25) is 9.13 Å². The van der Waals surface area contributed by atoms with E-state index >= 15 is 0 Å². The molecule has 0 atom stereocenters. The molecule has 19 heavy (non-hydrogen) atoms. The Morgan fingerprint density at radius 1 is 1.05 bits per heavy atom. The van der Waals surface area contributed by atoms with Crippen LogP contribution >= 0.6 is 15.9 Å². The highest BCUT2D eigenvalue weighted by molar-refractivity contribution is 9.10. The van der Waals surface area contributed by atoms with Gasteiger partial charge in [0, 0.05) is 11.5 Å². The monoisotopic (exact) mass is 320 g/mol. The van der Waals surface area contributed by atoms with Crippen molar-refractivity contribution in [2.24, 2.45) is 7.05 Å². The van der Waals surface area contributed by atoms with Gasteiger partial charge in [0.1, 0.15) is 5.82 Å². The summed E-state index contributed by atoms with van der Waals surface area (Å²) in [7, 11) is 1.72. The van der Waals surface area contributed by atoms with Gasteiger partial charge >= 0.3 is 5.69 Å². The van der Waals surface area contributed by atoms with Crippen molar-refractivity contribution < 1.29 is 4.39 Å². The molecular weight excluding hydrogens is 311 g/mol. The first kappa shape index (κ1) is 12.2. The molecule has 0 aliphatic heterocycles. The molecule has 0 unspecified atom stereocenters. The number of aryl methyl sites for hydroxylation is 1. The first-order chi connectivity index (χ1) is 9.08. The molecule has 0 amide bonds. The van der Waals surface area contributed by atoms with Crippen molar-refractivity contribution in [2.45, 2.75) is 0 Å². The maximum absolute atomic E-state index is 13.0. The molecule has 3 nitrogen and oxygen atoms in total. The first-order valence-corrected chi connectivity index (χ1v) is 6.50. The highest BCUT2D eigenvalue weighted by Gasteiger charge is 2.12. The molecule has 0 fully saturated rings. The summed E-state index contributed by atoms with van der Waals surface area (Å²) in [6, 6.07) is 11.5. The predicted molar refractivity (Wildman–Crippen MR) is 76.2 cm³/mol. The van der Waals surface area contributed by atoms with Crippen molar-refractivity contribution in [3.63, 3.8) is 0 Å². The fourth-order valence-electron chi connectivity index (χ4n) is 2.15. The van der Waals surface area contributed by atoms with Crippen LogP contribution in [0.25, 0.3) is 16.7 Å². The first-order valence-electron chi connectivity index (χ1n) is 5.71. The molecule has 0 aliphatic carbocycles. The molecule has 5 heteroatoms. The predicted octanol–water partition coefficient (Wildman–Crippen LogP) is 3.23. The largest absolute Gasteiger partial charge is 0.333 e. The molecule has 0 radical (unpaired) electrons. The van der Waals surface area contributed by atoms with Crippen LogP contribution in [0.5, 0.6) is 0 Å². The van der Waals surface area contributed by atoms with E-state index in [4.69, 9.17) is 0 Å². The molecule has 96 valence electrons. The van der Waals surface area contributed by atoms with Crippen LogP contribution in [0.15, 0.2) is 51.7 Å². The Bertz CT molecular complexity index is 818. The number of fused-ring (bicyclic) bond motifs is 1. The van der Waals surface area contributed by atoms with Gasteiger partial charge in [-0.15, -0.1) is 0 Å². The van der Waals surface area contributed by atoms with E-state index < -0.39 is 0 Å². The molecule has 3 rings (SSSR count). The Morgan fingerprint density at radius 3 is 2.42 bits per heavy atom. The van der Waals surface area contributed by atoms with Gasteiger partial charge in [0.25, 0.3) is 0 Å². The molecule has 1 aromatic heterocycles. The van der Waals surface area contributed by atoms with Gasteiger partial charge in [-0.1, -0.05) is 15.9 Å². The van der Waals surface area contributed by atoms with E-state index in [1.807, 2.05) is 18.2 Å². The lowest BCUT2D eigenvalue weighted by Gasteiger charge is -2.02. The van der Waals surface area contributed by atoms with Crippen LogP contribution in [-0.2, 0) is 7.05 Å². The van der Waals surface area contributed by atoms with E-state index in [0.29, 0.717) is 5.69 Å². The van der Waals surface area contributed by atoms with E-state index in [1.54, 1.807) is 28.3 Å². The summed E-state index contributed by atoms with van der Waals surface area (Å²) in [4.78, 5) is 12.3. The second-order valence-corrected chi connectivity index (χ2v) is 5.20. The maximum Gasteiger partial charge on any atom is 0.333 e. The fraction of sp³-hybridized carbons (Fsp3) is 0.0714. The van der Waals surface area contributed by atoms with Gasteiger partial charge in [-0.2, -0.15) is 0 Å². The van der Waals surface area contributed by atoms with Gasteiger partial charge in [0.15, 0.2) is 0 Å². The lowest BCUT2D eigenvalue weighted by molar-refractivity contribution is 0.627. The van der Waals surface area contributed by atoms with Crippen LogP contribution in [0.1, 0.15) is 0 Å². The molecule has 0 spiro atoms. The minimum absolute atomic E-state index is 0.153. The Balaban J connectivity index is 2.38. The normalized spacial score (nSPS) is 11.1. The van der Waals surface area contributed by atoms with Gasteiger partial charge in [-0.25, -0.2) is 9.18 Å². The molecule has 0 saturated carbocycles. The molecular formula is C14H10BrFN2O. The third kappa shape index (κ3) is 1.90. The van der Waals surface area contributed by atoms with E-state index in [-0.39, 0.29) is 11.5 Å². The van der Waals surface area contributed by atoms with E-state index in [0.717, 1.165) is 15.5 Å². The summed E-state index contributed by atoms with van der Waals surface area (Å²) in [5.41, 5.74) is 2.12. The summed E-state index contributed by atoms with van der Waals surface area (Å²) in [6.45, 7) is 0. The molecule has 2 aromatic carbocycles. The highest BCUT2D eigenvalue weighted by Crippen LogP contribution is 2.21. The second-order valence-electron chi connectivity index (χ2n) is 4.29. The van der Waals surface area contributed by atoms with Crippen molar-refractivity contribution >= 4 is 27.0 Å². The lowest BCUT2D eigenvalue weighted by Crippen LogP contribution is -2.20. The van der Waals surface area contributed by atoms with Gasteiger partial charge in [-0.05, 0) is 42.5 Å². The van der Waals surface area contributed by atoms with Crippen molar-refractivity contribution in [2.75, 3.05) is 0 Å². The quantitative estimate of drug-likeness (QED) is 0.676. The van der Waals surface area contributed by atoms with Gasteiger partial charge in [0.05, 0.1) is 16.7 Å². The third-order valence-electron chi connectivity index (χ3n) is 3.10. The number of hydrogen-bond donors (Lipinski definition) is 0. The van der Waals surface area contributed by atoms with Crippen molar-refractivity contribution in [3.05, 3.63) is 63.2 Å². The number of imidazole rings is 1. The summed E-state index contributed by atoms with van der Waals surface area (Å²) >= 11 is 3.39. The molecule has 0 aliphatic rings. The highest BCUT2D eigenvalue weighted by atomic mass is 79.9. The van der Waals surface area contributed by atoms with Crippen molar-refractivity contribution in [1.82, 2.24) is 9.13 Å². The van der Waals surface area contributed by atoms with Crippen molar-refractivity contribution in [3.8, 4) is 5.69 Å². The average Bonchev–Trinajstić information content (AvgIpc) is 2.64. The standard InChI is InChI=1S/C14H10BrFN2O/c1-17-13-8-9(15)2-7-12(13)18(14(17)19)11-5-3-10(16)4-6-11/h2-8H,1H3. The van der Waals surface area contributed by atoms with E-state index in [2.05, 4.69) is 15.9 Å². The Kier molecular flexibility index (Phi) is 2.78. The van der Waals surface area contributed by atoms with Crippen molar-refractivity contribution in [1.29, 1.82) is 0 Å². The zero-order chi connectivity index (χ0) is 13.6. The average molecular weight is 321 g/mol. The summed E-state index contributed by atoms with van der Waals surface area (Å²) < 4.78 is 17.0. The van der Waals surface area contributed by atoms with Gasteiger partial charge in [0.2, 0.25) is 0 Å². The molecule has 0 bridgehead atoms. The number of rotatable bonds is 1. The van der Waals surface area contributed by atoms with Crippen LogP contribution < -0.4 is 5.69 Å². The van der Waals surface area contributed by atoms with Crippen LogP contribution in [0.2, 0.25) is 0 Å². The maximum atomic E-state index is 13.0. The van der Waals surface area contributed by atoms with E-state index in [9.17, 15) is 9.18 Å². The third-order valence-corrected chi connectivity index (χ3v) is 3.60. The fourth-order valence-corrected chi connectivity index (χ4v) is 2.50. The summed E-state index contributed by atoms with van der Waals surface area (Å²) in [5.74, 6) is -0.320. The molecule has 0 saturated heterocycles. The topological polar surface area (TPSA) is 26.9 Å². The molecule has 0 N–H and O–H groups in total. The zero-order valence-corrected chi connectivity index (χ0v) is 11.7. The smallest absolute Gasteiger partial charge is 0.295 e. The number of benzene rings is 2. The Morgan fingerprint density at radius 2 is 1.74 bits per heavy atom. The minimum atomic E-state index is -0.320. The van der Waals surface area contributed by atoms with Crippen LogP contribution in [-0.4, -0.2) is 9.13 Å². The number of halogens is 2. The second kappa shape index (κ2) is 4.35. The number of hydrogen-bond acceptors (Lipinski definition) is 1. The Labute approximate surface area is 117 Å². The van der Waals surface area contributed by atoms with Gasteiger partial charge < -0.3 is 0 Å². The van der Waals surface area contributed by atoms with Crippen LogP contribution in [0, 0.1) is 5.82 Å². The number of nitrogens with zero attached hydrogens (tertiary/aromatic N) is 2. The van der Waals surface area contributed by atoms with E-state index in [1.165, 1.54) is 12.1 Å². The number of aromatic nitrogens is 2. The Hall–Kier alpha value is -1.88. The zero-order valence-electron chi connectivity index (χ0n) is 10.1. The van der Waals surface area contributed by atoms with Crippen LogP contribution in [0.3, 0.4) is 0 Å². The van der Waals surface area contributed by atoms with Crippen LogP contribution in [0.4, 0.5) is 4.39 Å². The lowest BCUT2D eigenvalue weighted by atomic mass is 10.2. The summed E-state index contributed by atoms with van der Waals surface area (Å²) in [6.07, 6.45) is 0. The summed E-state index contributed by atoms with van der Waals surface area (Å²) in [5, 5.41) is 0. The molecule has 3 aromatic rings. The minimum Gasteiger partial charge on any atom is -0.295 e. The SMILES string of the molecule is Cn1c(=O)n(-c2ccc(F)cc2)c2ccc(Br)cc21. The molecule has 1 heterocycles.